The maximum atomic E-state index is 12.0. The van der Waals surface area contributed by atoms with Gasteiger partial charge in [-0.1, -0.05) is 30.0 Å². The highest BCUT2D eigenvalue weighted by Crippen LogP contribution is 2.26. The van der Waals surface area contributed by atoms with E-state index in [1.54, 1.807) is 12.4 Å². The third-order valence-electron chi connectivity index (χ3n) is 3.96. The molecule has 3 heterocycles. The summed E-state index contributed by atoms with van der Waals surface area (Å²) in [7, 11) is 0. The van der Waals surface area contributed by atoms with Crippen molar-refractivity contribution in [1.29, 1.82) is 0 Å². The molecule has 1 N–H and O–H groups in total. The standard InChI is InChI=1S/C20H16N4O2S/c1-13-17(22-19(26-13)15-5-3-2-4-6-15)12-27-20-23-16(11-18(25)24-20)14-7-9-21-10-8-14/h2-11H,12H2,1H3,(H,23,24,25). The van der Waals surface area contributed by atoms with E-state index in [2.05, 4.69) is 19.9 Å². The summed E-state index contributed by atoms with van der Waals surface area (Å²) in [6, 6.07) is 14.9. The molecule has 4 rings (SSSR count). The van der Waals surface area contributed by atoms with Crippen LogP contribution in [0.5, 0.6) is 0 Å². The number of thioether (sulfide) groups is 1. The van der Waals surface area contributed by atoms with Crippen LogP contribution in [0.3, 0.4) is 0 Å². The van der Waals surface area contributed by atoms with Crippen molar-refractivity contribution in [2.75, 3.05) is 0 Å². The van der Waals surface area contributed by atoms with E-state index >= 15 is 0 Å². The van der Waals surface area contributed by atoms with Gasteiger partial charge in [-0.2, -0.15) is 0 Å². The van der Waals surface area contributed by atoms with Crippen LogP contribution in [-0.2, 0) is 5.75 Å². The molecule has 27 heavy (non-hydrogen) atoms. The van der Waals surface area contributed by atoms with Crippen molar-refractivity contribution in [3.05, 3.63) is 82.7 Å². The Kier molecular flexibility index (Phi) is 4.84. The first-order valence-corrected chi connectivity index (χ1v) is 9.34. The highest BCUT2D eigenvalue weighted by Gasteiger charge is 2.13. The van der Waals surface area contributed by atoms with Crippen molar-refractivity contribution in [1.82, 2.24) is 19.9 Å². The molecule has 7 heteroatoms. The molecular weight excluding hydrogens is 360 g/mol. The average Bonchev–Trinajstić information content (AvgIpc) is 3.08. The third kappa shape index (κ3) is 3.98. The van der Waals surface area contributed by atoms with Crippen LogP contribution in [0.15, 0.2) is 75.3 Å². The first-order valence-electron chi connectivity index (χ1n) is 8.35. The highest BCUT2D eigenvalue weighted by molar-refractivity contribution is 7.98. The van der Waals surface area contributed by atoms with Gasteiger partial charge in [-0.25, -0.2) is 9.97 Å². The molecule has 0 aliphatic heterocycles. The van der Waals surface area contributed by atoms with Crippen molar-refractivity contribution in [2.24, 2.45) is 0 Å². The van der Waals surface area contributed by atoms with Gasteiger partial charge in [-0.05, 0) is 31.2 Å². The lowest BCUT2D eigenvalue weighted by Gasteiger charge is -2.03. The third-order valence-corrected chi connectivity index (χ3v) is 4.84. The normalized spacial score (nSPS) is 10.9. The molecule has 0 saturated heterocycles. The minimum absolute atomic E-state index is 0.193. The maximum Gasteiger partial charge on any atom is 0.252 e. The van der Waals surface area contributed by atoms with E-state index in [0.717, 1.165) is 22.6 Å². The predicted molar refractivity (Wildman–Crippen MR) is 104 cm³/mol. The summed E-state index contributed by atoms with van der Waals surface area (Å²) in [6.45, 7) is 1.89. The summed E-state index contributed by atoms with van der Waals surface area (Å²) in [5.41, 5.74) is 3.03. The number of benzene rings is 1. The van der Waals surface area contributed by atoms with Crippen LogP contribution in [0.4, 0.5) is 0 Å². The topological polar surface area (TPSA) is 84.7 Å². The molecule has 1 aromatic carbocycles. The summed E-state index contributed by atoms with van der Waals surface area (Å²) >= 11 is 1.41. The van der Waals surface area contributed by atoms with Gasteiger partial charge < -0.3 is 9.40 Å². The molecule has 134 valence electrons. The van der Waals surface area contributed by atoms with Crippen molar-refractivity contribution >= 4 is 11.8 Å². The monoisotopic (exact) mass is 376 g/mol. The molecule has 0 amide bonds. The van der Waals surface area contributed by atoms with Crippen molar-refractivity contribution in [3.8, 4) is 22.7 Å². The molecule has 0 fully saturated rings. The Bertz CT molecular complexity index is 1110. The molecule has 0 radical (unpaired) electrons. The molecule has 4 aromatic rings. The highest BCUT2D eigenvalue weighted by atomic mass is 32.2. The molecule has 0 unspecified atom stereocenters. The minimum atomic E-state index is -0.193. The van der Waals surface area contributed by atoms with Crippen LogP contribution in [0, 0.1) is 6.92 Å². The average molecular weight is 376 g/mol. The zero-order valence-corrected chi connectivity index (χ0v) is 15.4. The number of aromatic amines is 1. The molecule has 3 aromatic heterocycles. The number of pyridine rings is 1. The number of oxazole rings is 1. The van der Waals surface area contributed by atoms with Gasteiger partial charge in [0.25, 0.3) is 5.56 Å². The van der Waals surface area contributed by atoms with E-state index in [4.69, 9.17) is 4.42 Å². The lowest BCUT2D eigenvalue weighted by atomic mass is 10.2. The van der Waals surface area contributed by atoms with Crippen LogP contribution in [0.2, 0.25) is 0 Å². The summed E-state index contributed by atoms with van der Waals surface area (Å²) in [5, 5.41) is 0.540. The van der Waals surface area contributed by atoms with E-state index in [1.807, 2.05) is 49.4 Å². The summed E-state index contributed by atoms with van der Waals surface area (Å²) < 4.78 is 5.78. The summed E-state index contributed by atoms with van der Waals surface area (Å²) in [5.74, 6) is 1.90. The van der Waals surface area contributed by atoms with Crippen LogP contribution in [0.1, 0.15) is 11.5 Å². The zero-order valence-electron chi connectivity index (χ0n) is 14.5. The van der Waals surface area contributed by atoms with Gasteiger partial charge in [0.05, 0.1) is 11.4 Å². The van der Waals surface area contributed by atoms with Crippen LogP contribution >= 0.6 is 11.8 Å². The zero-order chi connectivity index (χ0) is 18.6. The number of nitrogens with zero attached hydrogens (tertiary/aromatic N) is 3. The Morgan fingerprint density at radius 1 is 1.04 bits per heavy atom. The quantitative estimate of drug-likeness (QED) is 0.417. The number of rotatable bonds is 5. The van der Waals surface area contributed by atoms with E-state index in [-0.39, 0.29) is 5.56 Å². The van der Waals surface area contributed by atoms with Gasteiger partial charge in [0, 0.05) is 35.3 Å². The van der Waals surface area contributed by atoms with Crippen molar-refractivity contribution in [2.45, 2.75) is 17.8 Å². The Morgan fingerprint density at radius 2 is 1.81 bits per heavy atom. The number of hydrogen-bond acceptors (Lipinski definition) is 6. The summed E-state index contributed by atoms with van der Waals surface area (Å²) in [4.78, 5) is 27.9. The fourth-order valence-electron chi connectivity index (χ4n) is 2.58. The number of aromatic nitrogens is 4. The fourth-order valence-corrected chi connectivity index (χ4v) is 3.45. The van der Waals surface area contributed by atoms with Gasteiger partial charge >= 0.3 is 0 Å². The minimum Gasteiger partial charge on any atom is -0.441 e. The number of H-pyrrole nitrogens is 1. The first-order chi connectivity index (χ1) is 13.2. The van der Waals surface area contributed by atoms with E-state index < -0.39 is 0 Å². The van der Waals surface area contributed by atoms with E-state index in [9.17, 15) is 4.79 Å². The largest absolute Gasteiger partial charge is 0.441 e. The number of aryl methyl sites for hydroxylation is 1. The second-order valence-electron chi connectivity index (χ2n) is 5.85. The number of nitrogens with one attached hydrogen (secondary N) is 1. The Morgan fingerprint density at radius 3 is 2.59 bits per heavy atom. The lowest BCUT2D eigenvalue weighted by Crippen LogP contribution is -2.08. The molecule has 6 nitrogen and oxygen atoms in total. The molecule has 0 saturated carbocycles. The molecule has 0 bridgehead atoms. The fraction of sp³-hybridized carbons (Fsp3) is 0.100. The lowest BCUT2D eigenvalue weighted by molar-refractivity contribution is 0.540. The van der Waals surface area contributed by atoms with Crippen molar-refractivity contribution < 1.29 is 4.42 Å². The van der Waals surface area contributed by atoms with Crippen LogP contribution in [0.25, 0.3) is 22.7 Å². The van der Waals surface area contributed by atoms with Gasteiger partial charge in [0.15, 0.2) is 5.16 Å². The molecular formula is C20H16N4O2S. The second kappa shape index (κ2) is 7.59. The predicted octanol–water partition coefficient (Wildman–Crippen LogP) is 4.09. The van der Waals surface area contributed by atoms with Crippen molar-refractivity contribution in [3.63, 3.8) is 0 Å². The van der Waals surface area contributed by atoms with E-state index in [1.165, 1.54) is 17.8 Å². The Balaban J connectivity index is 1.55. The van der Waals surface area contributed by atoms with Gasteiger partial charge in [-0.15, -0.1) is 0 Å². The Hall–Kier alpha value is -3.19. The van der Waals surface area contributed by atoms with Gasteiger partial charge in [0.2, 0.25) is 5.89 Å². The number of hydrogen-bond donors (Lipinski definition) is 1. The molecule has 0 aliphatic rings. The van der Waals surface area contributed by atoms with Gasteiger partial charge in [0.1, 0.15) is 5.76 Å². The van der Waals surface area contributed by atoms with Crippen LogP contribution in [-0.4, -0.2) is 19.9 Å². The smallest absolute Gasteiger partial charge is 0.252 e. The maximum absolute atomic E-state index is 12.0. The van der Waals surface area contributed by atoms with E-state index in [0.29, 0.717) is 22.5 Å². The van der Waals surface area contributed by atoms with Gasteiger partial charge in [-0.3, -0.25) is 9.78 Å². The second-order valence-corrected chi connectivity index (χ2v) is 6.81. The van der Waals surface area contributed by atoms with Crippen LogP contribution < -0.4 is 5.56 Å². The molecule has 0 atom stereocenters. The SMILES string of the molecule is Cc1oc(-c2ccccc2)nc1CSc1nc(-c2ccncc2)cc(=O)[nH]1. The molecule has 0 aliphatic carbocycles. The first kappa shape index (κ1) is 17.2. The Labute approximate surface area is 159 Å². The summed E-state index contributed by atoms with van der Waals surface area (Å²) in [6.07, 6.45) is 3.35. The molecule has 0 spiro atoms.